The van der Waals surface area contributed by atoms with Crippen LogP contribution in [0.25, 0.3) is 32.9 Å². The molecule has 6 heteroatoms. The highest BCUT2D eigenvalue weighted by atomic mass is 32.1. The van der Waals surface area contributed by atoms with Crippen LogP contribution in [-0.2, 0) is 0 Å². The van der Waals surface area contributed by atoms with Crippen LogP contribution in [0.1, 0.15) is 36.0 Å². The zero-order valence-electron chi connectivity index (χ0n) is 15.2. The maximum Gasteiger partial charge on any atom is 0.251 e. The van der Waals surface area contributed by atoms with E-state index >= 15 is 0 Å². The minimum absolute atomic E-state index is 0.0378. The predicted molar refractivity (Wildman–Crippen MR) is 110 cm³/mol. The van der Waals surface area contributed by atoms with Gasteiger partial charge in [-0.05, 0) is 31.0 Å². The third-order valence-corrected chi connectivity index (χ3v) is 6.08. The van der Waals surface area contributed by atoms with Gasteiger partial charge in [0.25, 0.3) is 5.91 Å². The van der Waals surface area contributed by atoms with Crippen LogP contribution in [-0.4, -0.2) is 22.1 Å². The molecule has 2 aromatic heterocycles. The van der Waals surface area contributed by atoms with Gasteiger partial charge in [-0.3, -0.25) is 4.79 Å². The molecule has 0 bridgehead atoms. The number of amides is 1. The number of fused-ring (bicyclic) bond motifs is 1. The van der Waals surface area contributed by atoms with Gasteiger partial charge in [0.1, 0.15) is 16.4 Å². The Labute approximate surface area is 166 Å². The van der Waals surface area contributed by atoms with Crippen LogP contribution >= 0.6 is 11.3 Å². The molecule has 1 amide bonds. The molecule has 1 aliphatic carbocycles. The topological polar surface area (TPSA) is 68.0 Å². The molecule has 0 unspecified atom stereocenters. The number of aromatic nitrogens is 2. The Kier molecular flexibility index (Phi) is 4.41. The highest BCUT2D eigenvalue weighted by Gasteiger charge is 2.20. The summed E-state index contributed by atoms with van der Waals surface area (Å²) in [5.74, 6) is -0.0378. The van der Waals surface area contributed by atoms with Crippen LogP contribution in [0.3, 0.4) is 0 Å². The molecule has 1 N–H and O–H groups in total. The van der Waals surface area contributed by atoms with Crippen LogP contribution in [0.5, 0.6) is 0 Å². The SMILES string of the molecule is O=C(NC1CCCC1)c1ccc2onc(-c3csc(-c4ccccc4)n3)c2c1. The molecule has 1 fully saturated rings. The maximum absolute atomic E-state index is 12.6. The number of benzene rings is 2. The van der Waals surface area contributed by atoms with Gasteiger partial charge >= 0.3 is 0 Å². The van der Waals surface area contributed by atoms with Crippen LogP contribution in [0.4, 0.5) is 0 Å². The Hall–Kier alpha value is -2.99. The molecule has 28 heavy (non-hydrogen) atoms. The van der Waals surface area contributed by atoms with E-state index in [0.717, 1.165) is 34.5 Å². The summed E-state index contributed by atoms with van der Waals surface area (Å²) in [6.07, 6.45) is 4.50. The summed E-state index contributed by atoms with van der Waals surface area (Å²) in [4.78, 5) is 17.4. The standard InChI is InChI=1S/C22H19N3O2S/c26-21(23-16-8-4-5-9-16)15-10-11-19-17(12-15)20(25-27-19)18-13-28-22(24-18)14-6-2-1-3-7-14/h1-3,6-7,10-13,16H,4-5,8-9H2,(H,23,26). The van der Waals surface area contributed by atoms with Gasteiger partial charge in [-0.25, -0.2) is 4.98 Å². The van der Waals surface area contributed by atoms with Crippen molar-refractivity contribution in [3.05, 3.63) is 59.5 Å². The predicted octanol–water partition coefficient (Wildman–Crippen LogP) is 5.29. The van der Waals surface area contributed by atoms with Crippen molar-refractivity contribution >= 4 is 28.2 Å². The molecule has 0 aliphatic heterocycles. The number of rotatable bonds is 4. The summed E-state index contributed by atoms with van der Waals surface area (Å²) in [6.45, 7) is 0. The molecule has 0 saturated heterocycles. The van der Waals surface area contributed by atoms with E-state index < -0.39 is 0 Å². The molecule has 1 aliphatic rings. The number of carbonyl (C=O) groups is 1. The second-order valence-electron chi connectivity index (χ2n) is 7.10. The molecule has 0 spiro atoms. The lowest BCUT2D eigenvalue weighted by atomic mass is 10.1. The summed E-state index contributed by atoms with van der Waals surface area (Å²) < 4.78 is 5.47. The van der Waals surface area contributed by atoms with Gasteiger partial charge in [0.2, 0.25) is 0 Å². The highest BCUT2D eigenvalue weighted by Crippen LogP contribution is 2.32. The molecule has 5 rings (SSSR count). The summed E-state index contributed by atoms with van der Waals surface area (Å²) in [5, 5.41) is 11.1. The number of nitrogens with zero attached hydrogens (tertiary/aromatic N) is 2. The summed E-state index contributed by atoms with van der Waals surface area (Å²) >= 11 is 1.57. The third kappa shape index (κ3) is 3.20. The number of hydrogen-bond acceptors (Lipinski definition) is 5. The van der Waals surface area contributed by atoms with Crippen molar-refractivity contribution in [2.45, 2.75) is 31.7 Å². The third-order valence-electron chi connectivity index (χ3n) is 5.19. The van der Waals surface area contributed by atoms with Crippen molar-refractivity contribution in [2.24, 2.45) is 0 Å². The Morgan fingerprint density at radius 3 is 2.75 bits per heavy atom. The first-order valence-corrected chi connectivity index (χ1v) is 10.4. The van der Waals surface area contributed by atoms with Gasteiger partial charge in [-0.1, -0.05) is 48.3 Å². The molecule has 2 heterocycles. The van der Waals surface area contributed by atoms with E-state index in [9.17, 15) is 4.79 Å². The summed E-state index contributed by atoms with van der Waals surface area (Å²) in [5.41, 5.74) is 3.78. The van der Waals surface area contributed by atoms with E-state index in [1.165, 1.54) is 12.8 Å². The zero-order valence-corrected chi connectivity index (χ0v) is 16.0. The summed E-state index contributed by atoms with van der Waals surface area (Å²) in [7, 11) is 0. The Bertz CT molecular complexity index is 1130. The van der Waals surface area contributed by atoms with Gasteiger partial charge in [0, 0.05) is 22.5 Å². The van der Waals surface area contributed by atoms with Gasteiger partial charge in [-0.2, -0.15) is 0 Å². The smallest absolute Gasteiger partial charge is 0.251 e. The maximum atomic E-state index is 12.6. The average Bonchev–Trinajstić information content (AvgIpc) is 3.48. The molecule has 2 aromatic carbocycles. The van der Waals surface area contributed by atoms with Crippen LogP contribution in [0.2, 0.25) is 0 Å². The van der Waals surface area contributed by atoms with Crippen molar-refractivity contribution in [1.82, 2.24) is 15.5 Å². The Morgan fingerprint density at radius 1 is 1.11 bits per heavy atom. The number of carbonyl (C=O) groups excluding carboxylic acids is 1. The second-order valence-corrected chi connectivity index (χ2v) is 7.96. The van der Waals surface area contributed by atoms with Crippen molar-refractivity contribution in [3.63, 3.8) is 0 Å². The second kappa shape index (κ2) is 7.20. The fourth-order valence-electron chi connectivity index (χ4n) is 3.70. The first kappa shape index (κ1) is 17.1. The largest absolute Gasteiger partial charge is 0.356 e. The lowest BCUT2D eigenvalue weighted by Gasteiger charge is -2.11. The number of thiazole rings is 1. The van der Waals surface area contributed by atoms with E-state index in [2.05, 4.69) is 10.5 Å². The van der Waals surface area contributed by atoms with E-state index in [-0.39, 0.29) is 11.9 Å². The normalized spacial score (nSPS) is 14.6. The molecular formula is C22H19N3O2S. The van der Waals surface area contributed by atoms with Gasteiger partial charge in [0.15, 0.2) is 5.58 Å². The fraction of sp³-hybridized carbons (Fsp3) is 0.227. The molecule has 0 atom stereocenters. The monoisotopic (exact) mass is 389 g/mol. The number of nitrogens with one attached hydrogen (secondary N) is 1. The average molecular weight is 389 g/mol. The summed E-state index contributed by atoms with van der Waals surface area (Å²) in [6, 6.07) is 15.8. The Morgan fingerprint density at radius 2 is 1.93 bits per heavy atom. The van der Waals surface area contributed by atoms with E-state index in [0.29, 0.717) is 16.8 Å². The van der Waals surface area contributed by atoms with Crippen molar-refractivity contribution in [2.75, 3.05) is 0 Å². The van der Waals surface area contributed by atoms with Crippen molar-refractivity contribution < 1.29 is 9.32 Å². The quantitative estimate of drug-likeness (QED) is 0.515. The van der Waals surface area contributed by atoms with Crippen LogP contribution in [0, 0.1) is 0 Å². The number of hydrogen-bond donors (Lipinski definition) is 1. The van der Waals surface area contributed by atoms with Gasteiger partial charge in [-0.15, -0.1) is 11.3 Å². The van der Waals surface area contributed by atoms with Crippen molar-refractivity contribution in [3.8, 4) is 22.0 Å². The molecular weight excluding hydrogens is 370 g/mol. The molecule has 1 saturated carbocycles. The van der Waals surface area contributed by atoms with Crippen LogP contribution < -0.4 is 5.32 Å². The van der Waals surface area contributed by atoms with E-state index in [1.54, 1.807) is 23.5 Å². The van der Waals surface area contributed by atoms with E-state index in [1.807, 2.05) is 41.8 Å². The van der Waals surface area contributed by atoms with Crippen molar-refractivity contribution in [1.29, 1.82) is 0 Å². The first-order chi connectivity index (χ1) is 13.8. The first-order valence-electron chi connectivity index (χ1n) is 9.49. The minimum Gasteiger partial charge on any atom is -0.356 e. The lowest BCUT2D eigenvalue weighted by molar-refractivity contribution is 0.0938. The Balaban J connectivity index is 1.47. The zero-order chi connectivity index (χ0) is 18.9. The lowest BCUT2D eigenvalue weighted by Crippen LogP contribution is -2.32. The molecule has 4 aromatic rings. The van der Waals surface area contributed by atoms with Gasteiger partial charge < -0.3 is 9.84 Å². The minimum atomic E-state index is -0.0378. The molecule has 0 radical (unpaired) electrons. The highest BCUT2D eigenvalue weighted by molar-refractivity contribution is 7.13. The van der Waals surface area contributed by atoms with Gasteiger partial charge in [0.05, 0.1) is 5.39 Å². The van der Waals surface area contributed by atoms with Crippen LogP contribution in [0.15, 0.2) is 58.4 Å². The van der Waals surface area contributed by atoms with E-state index in [4.69, 9.17) is 9.51 Å². The fourth-order valence-corrected chi connectivity index (χ4v) is 4.51. The molecule has 5 nitrogen and oxygen atoms in total. The molecule has 140 valence electrons.